The number of carbonyl (C=O) groups excluding carboxylic acids is 1. The van der Waals surface area contributed by atoms with Crippen LogP contribution in [0.15, 0.2) is 89.3 Å². The molecule has 2 heterocycles. The second-order valence-corrected chi connectivity index (χ2v) is 12.6. The number of hydrogen-bond donors (Lipinski definition) is 1. The molecule has 0 unspecified atom stereocenters. The van der Waals surface area contributed by atoms with E-state index in [9.17, 15) is 9.90 Å². The van der Waals surface area contributed by atoms with E-state index in [1.165, 1.54) is 17.0 Å². The van der Waals surface area contributed by atoms with Crippen LogP contribution in [0.4, 0.5) is 0 Å². The summed E-state index contributed by atoms with van der Waals surface area (Å²) in [4.78, 5) is 21.2. The minimum atomic E-state index is -0.337. The van der Waals surface area contributed by atoms with Crippen molar-refractivity contribution in [3.8, 4) is 11.3 Å². The van der Waals surface area contributed by atoms with Crippen LogP contribution in [-0.2, 0) is 24.9 Å². The van der Waals surface area contributed by atoms with Gasteiger partial charge in [-0.3, -0.25) is 9.78 Å². The molecule has 5 nitrogen and oxygen atoms in total. The Morgan fingerprint density at radius 3 is 2.20 bits per heavy atom. The molecular formula is C40H43IrN2O3-. The minimum absolute atomic E-state index is 0. The molecule has 241 valence electrons. The number of carbonyl (C=O) groups is 1. The zero-order chi connectivity index (χ0) is 32.4. The fourth-order valence-corrected chi connectivity index (χ4v) is 5.70. The van der Waals surface area contributed by atoms with Gasteiger partial charge in [0.25, 0.3) is 0 Å². The first-order valence-electron chi connectivity index (χ1n) is 16.0. The molecule has 0 aliphatic carbocycles. The summed E-state index contributed by atoms with van der Waals surface area (Å²) in [5, 5.41) is 16.8. The van der Waals surface area contributed by atoms with Gasteiger partial charge >= 0.3 is 0 Å². The monoisotopic (exact) mass is 792 g/mol. The third-order valence-corrected chi connectivity index (χ3v) is 9.94. The Labute approximate surface area is 285 Å². The molecule has 46 heavy (non-hydrogen) atoms. The van der Waals surface area contributed by atoms with Crippen molar-refractivity contribution in [1.29, 1.82) is 0 Å². The number of fused-ring (bicyclic) bond motifs is 6. The normalized spacial score (nSPS) is 12.3. The second kappa shape index (κ2) is 14.3. The number of aliphatic hydroxyl groups excluding tert-OH is 1. The maximum Gasteiger partial charge on any atom is 0.221 e. The summed E-state index contributed by atoms with van der Waals surface area (Å²) in [5.74, 6) is 0.286. The fraction of sp³-hybridized carbons (Fsp3) is 0.325. The molecule has 2 aromatic heterocycles. The van der Waals surface area contributed by atoms with Gasteiger partial charge in [-0.25, -0.2) is 4.98 Å². The molecular weight excluding hydrogens is 749 g/mol. The van der Waals surface area contributed by atoms with Crippen LogP contribution in [0.5, 0.6) is 0 Å². The largest absolute Gasteiger partial charge is 0.512 e. The van der Waals surface area contributed by atoms with E-state index in [4.69, 9.17) is 4.42 Å². The Hall–Kier alpha value is -3.86. The van der Waals surface area contributed by atoms with Crippen molar-refractivity contribution in [2.24, 2.45) is 10.8 Å². The van der Waals surface area contributed by atoms with Gasteiger partial charge in [0.2, 0.25) is 5.71 Å². The standard InChI is InChI=1S/C25H15N2O.C15H28O2.Ir/c1-15-6-10-20-18(12-15)9-11-21-22(20)23-24(26-14-27-25(23)28-21)19-8-7-16-4-2-3-5-17(16)13-19;1-7-14(5,8-2)12(16)11-13(17)15(6,9-3)10-4;/h2-7,9-14H,1H3;11,16H,7-10H2,1-6H3;/q-1;;/b;12-11-;. The molecule has 6 heteroatoms. The Morgan fingerprint density at radius 1 is 0.848 bits per heavy atom. The Bertz CT molecular complexity index is 2030. The Kier molecular flexibility index (Phi) is 10.9. The van der Waals surface area contributed by atoms with Crippen LogP contribution in [0, 0.1) is 23.8 Å². The number of hydrogen-bond acceptors (Lipinski definition) is 5. The van der Waals surface area contributed by atoms with Gasteiger partial charge in [-0.1, -0.05) is 101 Å². The van der Waals surface area contributed by atoms with Gasteiger partial charge in [0.15, 0.2) is 5.78 Å². The van der Waals surface area contributed by atoms with Crippen molar-refractivity contribution in [2.75, 3.05) is 0 Å². The number of aryl methyl sites for hydroxylation is 1. The van der Waals surface area contributed by atoms with Gasteiger partial charge in [-0.15, -0.1) is 29.1 Å². The van der Waals surface area contributed by atoms with E-state index in [-0.39, 0.29) is 42.5 Å². The number of ketones is 1. The van der Waals surface area contributed by atoms with Crippen molar-refractivity contribution in [2.45, 2.75) is 74.1 Å². The molecule has 0 saturated carbocycles. The van der Waals surface area contributed by atoms with Gasteiger partial charge in [0.1, 0.15) is 17.7 Å². The van der Waals surface area contributed by atoms with Gasteiger partial charge < -0.3 is 9.52 Å². The molecule has 0 aliphatic rings. The van der Waals surface area contributed by atoms with Crippen molar-refractivity contribution >= 4 is 49.4 Å². The van der Waals surface area contributed by atoms with Crippen LogP contribution in [0.1, 0.15) is 72.8 Å². The van der Waals surface area contributed by atoms with Crippen LogP contribution < -0.4 is 0 Å². The Balaban J connectivity index is 0.000000234. The number of aliphatic hydroxyl groups is 1. The summed E-state index contributed by atoms with van der Waals surface area (Å²) in [7, 11) is 0. The van der Waals surface area contributed by atoms with Crippen LogP contribution in [0.25, 0.3) is 54.9 Å². The maximum atomic E-state index is 12.2. The molecule has 0 atom stereocenters. The third kappa shape index (κ3) is 6.65. The van der Waals surface area contributed by atoms with Gasteiger partial charge in [-0.2, -0.15) is 0 Å². The smallest absolute Gasteiger partial charge is 0.221 e. The Morgan fingerprint density at radius 2 is 1.52 bits per heavy atom. The maximum absolute atomic E-state index is 12.2. The number of aromatic nitrogens is 2. The summed E-state index contributed by atoms with van der Waals surface area (Å²) in [6.45, 7) is 14.2. The average molecular weight is 792 g/mol. The number of allylic oxidation sites excluding steroid dienone is 2. The summed E-state index contributed by atoms with van der Waals surface area (Å²) < 4.78 is 6.08. The summed E-state index contributed by atoms with van der Waals surface area (Å²) in [5.41, 5.74) is 3.86. The first-order chi connectivity index (χ1) is 21.6. The molecule has 6 rings (SSSR count). The molecule has 0 aliphatic heterocycles. The molecule has 0 fully saturated rings. The van der Waals surface area contributed by atoms with Crippen LogP contribution >= 0.6 is 0 Å². The molecule has 4 aromatic carbocycles. The van der Waals surface area contributed by atoms with Crippen molar-refractivity contribution in [3.63, 3.8) is 0 Å². The SMILES string of the molecule is CCC(C)(CC)C(=O)/C=C(\O)C(C)(CC)CC.Cc1ccc2c(ccc3oc4ncnc(-c5[c-]cc6ccccc6c5)c4c32)c1.[Ir]. The zero-order valence-corrected chi connectivity index (χ0v) is 30.2. The fourth-order valence-electron chi connectivity index (χ4n) is 5.70. The quantitative estimate of drug-likeness (QED) is 0.0944. The predicted molar refractivity (Wildman–Crippen MR) is 186 cm³/mol. The second-order valence-electron chi connectivity index (χ2n) is 12.6. The molecule has 0 spiro atoms. The van der Waals surface area contributed by atoms with E-state index in [1.807, 2.05) is 65.8 Å². The van der Waals surface area contributed by atoms with Crippen LogP contribution in [0.3, 0.4) is 0 Å². The predicted octanol–water partition coefficient (Wildman–Crippen LogP) is 11.1. The van der Waals surface area contributed by atoms with Crippen LogP contribution in [-0.4, -0.2) is 20.9 Å². The number of furan rings is 1. The zero-order valence-electron chi connectivity index (χ0n) is 27.8. The van der Waals surface area contributed by atoms with Gasteiger partial charge in [-0.05, 0) is 49.4 Å². The minimum Gasteiger partial charge on any atom is -0.512 e. The number of benzene rings is 4. The number of nitrogens with zero attached hydrogens (tertiary/aromatic N) is 2. The van der Waals surface area contributed by atoms with E-state index in [0.29, 0.717) is 5.71 Å². The summed E-state index contributed by atoms with van der Waals surface area (Å²) >= 11 is 0. The molecule has 1 N–H and O–H groups in total. The van der Waals surface area contributed by atoms with E-state index < -0.39 is 0 Å². The topological polar surface area (TPSA) is 76.2 Å². The summed E-state index contributed by atoms with van der Waals surface area (Å²) in [6, 6.07) is 26.4. The van der Waals surface area contributed by atoms with Crippen molar-refractivity contribution < 1.29 is 34.4 Å². The third-order valence-electron chi connectivity index (χ3n) is 9.94. The van der Waals surface area contributed by atoms with Crippen LogP contribution in [0.2, 0.25) is 0 Å². The molecule has 0 bridgehead atoms. The van der Waals surface area contributed by atoms with E-state index in [0.717, 1.165) is 69.5 Å². The average Bonchev–Trinajstić information content (AvgIpc) is 3.46. The van der Waals surface area contributed by atoms with E-state index >= 15 is 0 Å². The van der Waals surface area contributed by atoms with Gasteiger partial charge in [0, 0.05) is 53.5 Å². The van der Waals surface area contributed by atoms with E-state index in [2.05, 4.69) is 65.4 Å². The molecule has 1 radical (unpaired) electrons. The first-order valence-corrected chi connectivity index (χ1v) is 16.0. The van der Waals surface area contributed by atoms with E-state index in [1.54, 1.807) is 6.33 Å². The summed E-state index contributed by atoms with van der Waals surface area (Å²) in [6.07, 6.45) is 6.32. The molecule has 0 saturated heterocycles. The number of rotatable bonds is 8. The van der Waals surface area contributed by atoms with Crippen molar-refractivity contribution in [3.05, 3.63) is 96.5 Å². The molecule has 6 aromatic rings. The first kappa shape index (κ1) is 35.0. The molecule has 0 amide bonds. The van der Waals surface area contributed by atoms with Crippen molar-refractivity contribution in [1.82, 2.24) is 9.97 Å². The van der Waals surface area contributed by atoms with Gasteiger partial charge in [0.05, 0.1) is 0 Å².